The van der Waals surface area contributed by atoms with Gasteiger partial charge in [-0.3, -0.25) is 14.9 Å². The average Bonchev–Trinajstić information content (AvgIpc) is 2.49. The number of rotatable bonds is 4. The second-order valence-corrected chi connectivity index (χ2v) is 3.99. The first-order valence-corrected chi connectivity index (χ1v) is 5.91. The predicted molar refractivity (Wildman–Crippen MR) is 74.6 cm³/mol. The van der Waals surface area contributed by atoms with Gasteiger partial charge in [0.2, 0.25) is 0 Å². The summed E-state index contributed by atoms with van der Waals surface area (Å²) in [7, 11) is 0. The number of nitrogens with zero attached hydrogens (tertiary/aromatic N) is 2. The van der Waals surface area contributed by atoms with Gasteiger partial charge in [0.05, 0.1) is 11.1 Å². The van der Waals surface area contributed by atoms with Gasteiger partial charge in [-0.25, -0.2) is 9.82 Å². The smallest absolute Gasteiger partial charge is 0.267 e. The van der Waals surface area contributed by atoms with Crippen LogP contribution < -0.4 is 5.43 Å². The lowest BCUT2D eigenvalue weighted by Crippen LogP contribution is -2.19. The third-order valence-electron chi connectivity index (χ3n) is 2.62. The number of carbonyl (C=O) groups excluding carboxylic acids is 1. The first-order chi connectivity index (χ1) is 10.1. The van der Waals surface area contributed by atoms with Gasteiger partial charge < -0.3 is 0 Å². The number of nitro groups is 1. The Bertz CT molecular complexity index is 716. The average molecular weight is 287 g/mol. The number of hydrogen-bond donors (Lipinski definition) is 1. The van der Waals surface area contributed by atoms with Gasteiger partial charge in [0.25, 0.3) is 11.6 Å². The molecule has 0 atom stereocenters. The number of benzene rings is 2. The van der Waals surface area contributed by atoms with E-state index in [1.807, 2.05) is 0 Å². The van der Waals surface area contributed by atoms with Crippen LogP contribution in [0.2, 0.25) is 0 Å². The van der Waals surface area contributed by atoms with E-state index in [1.165, 1.54) is 42.5 Å². The number of carbonyl (C=O) groups is 1. The Morgan fingerprint density at radius 3 is 2.57 bits per heavy atom. The summed E-state index contributed by atoms with van der Waals surface area (Å²) < 4.78 is 13.3. The Kier molecular flexibility index (Phi) is 4.35. The van der Waals surface area contributed by atoms with E-state index in [-0.39, 0.29) is 16.8 Å². The Morgan fingerprint density at radius 1 is 1.19 bits per heavy atom. The normalized spacial score (nSPS) is 10.5. The second kappa shape index (κ2) is 6.38. The summed E-state index contributed by atoms with van der Waals surface area (Å²) in [4.78, 5) is 22.0. The quantitative estimate of drug-likeness (QED) is 0.532. The molecule has 0 radical (unpaired) electrons. The molecule has 1 amide bonds. The maximum Gasteiger partial charge on any atom is 0.282 e. The topological polar surface area (TPSA) is 84.6 Å². The van der Waals surface area contributed by atoms with Crippen LogP contribution in [0.3, 0.4) is 0 Å². The minimum Gasteiger partial charge on any atom is -0.267 e. The summed E-state index contributed by atoms with van der Waals surface area (Å²) in [6.45, 7) is 0. The predicted octanol–water partition coefficient (Wildman–Crippen LogP) is 2.50. The van der Waals surface area contributed by atoms with Crippen LogP contribution in [0.5, 0.6) is 0 Å². The van der Waals surface area contributed by atoms with Crippen LogP contribution >= 0.6 is 0 Å². The van der Waals surface area contributed by atoms with Crippen LogP contribution in [0.4, 0.5) is 10.1 Å². The third kappa shape index (κ3) is 3.47. The molecule has 106 valence electrons. The Balaban J connectivity index is 2.13. The lowest BCUT2D eigenvalue weighted by molar-refractivity contribution is -0.385. The molecule has 2 aromatic carbocycles. The highest BCUT2D eigenvalue weighted by Crippen LogP contribution is 2.17. The van der Waals surface area contributed by atoms with E-state index >= 15 is 0 Å². The molecule has 2 rings (SSSR count). The summed E-state index contributed by atoms with van der Waals surface area (Å²) in [6, 6.07) is 11.4. The van der Waals surface area contributed by atoms with Crippen molar-refractivity contribution in [3.8, 4) is 0 Å². The van der Waals surface area contributed by atoms with Crippen LogP contribution in [0.15, 0.2) is 53.6 Å². The summed E-state index contributed by atoms with van der Waals surface area (Å²) in [5, 5.41) is 14.4. The van der Waals surface area contributed by atoms with E-state index in [2.05, 4.69) is 10.5 Å². The standard InChI is InChI=1S/C14H10FN3O3/c15-12-7-3-1-5-10(12)9-16-17-14(19)11-6-2-4-8-13(11)18(20)21/h1-9H,(H,17,19)/b16-9+. The maximum absolute atomic E-state index is 13.3. The Labute approximate surface area is 119 Å². The Morgan fingerprint density at radius 2 is 1.86 bits per heavy atom. The van der Waals surface area contributed by atoms with Gasteiger partial charge in [-0.2, -0.15) is 5.10 Å². The molecule has 0 unspecified atom stereocenters. The lowest BCUT2D eigenvalue weighted by Gasteiger charge is -2.01. The summed E-state index contributed by atoms with van der Waals surface area (Å²) in [6.07, 6.45) is 1.13. The minimum atomic E-state index is -0.741. The molecule has 0 bridgehead atoms. The molecule has 0 aliphatic heterocycles. The zero-order valence-electron chi connectivity index (χ0n) is 10.7. The second-order valence-electron chi connectivity index (χ2n) is 3.99. The van der Waals surface area contributed by atoms with Crippen molar-refractivity contribution in [2.75, 3.05) is 0 Å². The van der Waals surface area contributed by atoms with Crippen LogP contribution in [-0.2, 0) is 0 Å². The molecule has 0 spiro atoms. The van der Waals surface area contributed by atoms with Crippen molar-refractivity contribution >= 4 is 17.8 Å². The first kappa shape index (κ1) is 14.3. The number of hydrazone groups is 1. The molecule has 1 N–H and O–H groups in total. The van der Waals surface area contributed by atoms with Crippen molar-refractivity contribution in [1.82, 2.24) is 5.43 Å². The van der Waals surface area contributed by atoms with E-state index in [0.717, 1.165) is 6.21 Å². The molecular weight excluding hydrogens is 277 g/mol. The number of amides is 1. The highest BCUT2D eigenvalue weighted by atomic mass is 19.1. The first-order valence-electron chi connectivity index (χ1n) is 5.91. The summed E-state index contributed by atoms with van der Waals surface area (Å²) in [5.41, 5.74) is 1.88. The van der Waals surface area contributed by atoms with Gasteiger partial charge in [-0.1, -0.05) is 30.3 Å². The van der Waals surface area contributed by atoms with E-state index in [9.17, 15) is 19.3 Å². The van der Waals surface area contributed by atoms with Gasteiger partial charge in [0, 0.05) is 11.6 Å². The molecule has 0 heterocycles. The highest BCUT2D eigenvalue weighted by molar-refractivity contribution is 5.98. The van der Waals surface area contributed by atoms with Crippen LogP contribution in [0.25, 0.3) is 0 Å². The van der Waals surface area contributed by atoms with Crippen molar-refractivity contribution < 1.29 is 14.1 Å². The fourth-order valence-electron chi connectivity index (χ4n) is 1.63. The van der Waals surface area contributed by atoms with E-state index in [4.69, 9.17) is 0 Å². The molecule has 6 nitrogen and oxygen atoms in total. The van der Waals surface area contributed by atoms with Crippen molar-refractivity contribution in [2.24, 2.45) is 5.10 Å². The monoisotopic (exact) mass is 287 g/mol. The number of nitro benzene ring substituents is 1. The van der Waals surface area contributed by atoms with E-state index < -0.39 is 16.6 Å². The van der Waals surface area contributed by atoms with Gasteiger partial charge in [0.1, 0.15) is 11.4 Å². The molecule has 0 aliphatic rings. The molecule has 2 aromatic rings. The zero-order chi connectivity index (χ0) is 15.2. The van der Waals surface area contributed by atoms with Crippen LogP contribution in [-0.4, -0.2) is 17.0 Å². The van der Waals surface area contributed by atoms with Gasteiger partial charge in [0.15, 0.2) is 0 Å². The Hall–Kier alpha value is -3.09. The fraction of sp³-hybridized carbons (Fsp3) is 0. The zero-order valence-corrected chi connectivity index (χ0v) is 10.7. The molecule has 21 heavy (non-hydrogen) atoms. The van der Waals surface area contributed by atoms with E-state index in [1.54, 1.807) is 6.07 Å². The van der Waals surface area contributed by atoms with Crippen molar-refractivity contribution in [3.05, 3.63) is 75.6 Å². The number of nitrogens with one attached hydrogen (secondary N) is 1. The van der Waals surface area contributed by atoms with Gasteiger partial charge in [-0.05, 0) is 12.1 Å². The lowest BCUT2D eigenvalue weighted by atomic mass is 10.2. The van der Waals surface area contributed by atoms with Crippen LogP contribution in [0, 0.1) is 15.9 Å². The third-order valence-corrected chi connectivity index (χ3v) is 2.62. The van der Waals surface area contributed by atoms with Crippen molar-refractivity contribution in [2.45, 2.75) is 0 Å². The fourth-order valence-corrected chi connectivity index (χ4v) is 1.63. The number of para-hydroxylation sites is 1. The molecule has 0 aromatic heterocycles. The largest absolute Gasteiger partial charge is 0.282 e. The molecule has 0 fully saturated rings. The van der Waals surface area contributed by atoms with E-state index in [0.29, 0.717) is 0 Å². The van der Waals surface area contributed by atoms with Crippen molar-refractivity contribution in [1.29, 1.82) is 0 Å². The molecule has 7 heteroatoms. The molecule has 0 saturated carbocycles. The molecule has 0 saturated heterocycles. The number of hydrogen-bond acceptors (Lipinski definition) is 4. The molecule has 0 aliphatic carbocycles. The van der Waals surface area contributed by atoms with Gasteiger partial charge in [-0.15, -0.1) is 0 Å². The van der Waals surface area contributed by atoms with Gasteiger partial charge >= 0.3 is 0 Å². The number of halogens is 1. The minimum absolute atomic E-state index is 0.117. The van der Waals surface area contributed by atoms with Crippen LogP contribution in [0.1, 0.15) is 15.9 Å². The molecular formula is C14H10FN3O3. The maximum atomic E-state index is 13.3. The summed E-state index contributed by atoms with van der Waals surface area (Å²) >= 11 is 0. The van der Waals surface area contributed by atoms with Crippen molar-refractivity contribution in [3.63, 3.8) is 0 Å². The highest BCUT2D eigenvalue weighted by Gasteiger charge is 2.18. The SMILES string of the molecule is O=C(N/N=C/c1ccccc1F)c1ccccc1[N+](=O)[O-]. The summed E-state index contributed by atoms with van der Waals surface area (Å²) in [5.74, 6) is -1.23.